The molecule has 10 heteroatoms. The summed E-state index contributed by atoms with van der Waals surface area (Å²) < 4.78 is 10.3. The lowest BCUT2D eigenvalue weighted by Gasteiger charge is -2.24. The second-order valence-electron chi connectivity index (χ2n) is 9.05. The standard InChI is InChI=1S/C26H27N7O2S/c1-3-18(30-23-21-25(28-14-27-23)32(15-29-21)20-6-4-5-12-35-20)24-31-19-11-13-36-22(19)26(34)33(24)17-9-7-16(2)8-10-17/h7-11,13-15,18,20H,3-6,12H2,1-2H3,(H,27,28,30). The van der Waals surface area contributed by atoms with Gasteiger partial charge in [-0.2, -0.15) is 0 Å². The molecule has 0 bridgehead atoms. The van der Waals surface area contributed by atoms with E-state index in [0.717, 1.165) is 42.8 Å². The van der Waals surface area contributed by atoms with Crippen LogP contribution in [0.4, 0.5) is 5.82 Å². The molecule has 6 rings (SSSR count). The summed E-state index contributed by atoms with van der Waals surface area (Å²) in [6.07, 6.45) is 7.07. The Hall–Kier alpha value is -3.63. The molecule has 0 saturated carbocycles. The minimum absolute atomic E-state index is 0.0668. The number of rotatable bonds is 6. The molecule has 2 unspecified atom stereocenters. The van der Waals surface area contributed by atoms with E-state index >= 15 is 0 Å². The van der Waals surface area contributed by atoms with Gasteiger partial charge in [-0.25, -0.2) is 19.9 Å². The zero-order chi connectivity index (χ0) is 24.6. The Labute approximate surface area is 211 Å². The van der Waals surface area contributed by atoms with Crippen LogP contribution in [0.15, 0.2) is 53.2 Å². The highest BCUT2D eigenvalue weighted by molar-refractivity contribution is 7.17. The summed E-state index contributed by atoms with van der Waals surface area (Å²) in [7, 11) is 0. The van der Waals surface area contributed by atoms with Crippen LogP contribution in [0.5, 0.6) is 0 Å². The smallest absolute Gasteiger partial charge is 0.276 e. The predicted molar refractivity (Wildman–Crippen MR) is 141 cm³/mol. The second-order valence-corrected chi connectivity index (χ2v) is 9.97. The van der Waals surface area contributed by atoms with Crippen LogP contribution in [0.2, 0.25) is 0 Å². The summed E-state index contributed by atoms with van der Waals surface area (Å²) in [6.45, 7) is 4.84. The van der Waals surface area contributed by atoms with Gasteiger partial charge in [-0.3, -0.25) is 13.9 Å². The first-order valence-corrected chi connectivity index (χ1v) is 13.1. The van der Waals surface area contributed by atoms with Gasteiger partial charge in [0.05, 0.1) is 23.6 Å². The van der Waals surface area contributed by atoms with Gasteiger partial charge in [0.15, 0.2) is 17.0 Å². The SMILES string of the molecule is CCC(Nc1ncnc2c1ncn2C1CCCCO1)c1nc2ccsc2c(=O)n1-c1ccc(C)cc1. The molecule has 1 aliphatic rings. The van der Waals surface area contributed by atoms with Gasteiger partial charge in [-0.15, -0.1) is 11.3 Å². The van der Waals surface area contributed by atoms with E-state index in [-0.39, 0.29) is 17.8 Å². The fourth-order valence-electron chi connectivity index (χ4n) is 4.73. The molecule has 2 atom stereocenters. The average molecular weight is 502 g/mol. The van der Waals surface area contributed by atoms with E-state index in [1.807, 2.05) is 47.2 Å². The first-order valence-electron chi connectivity index (χ1n) is 12.3. The summed E-state index contributed by atoms with van der Waals surface area (Å²) in [5, 5.41) is 5.43. The molecular formula is C26H27N7O2S. The number of hydrogen-bond donors (Lipinski definition) is 1. The van der Waals surface area contributed by atoms with Gasteiger partial charge in [-0.1, -0.05) is 24.6 Å². The third-order valence-electron chi connectivity index (χ3n) is 6.65. The molecule has 0 aliphatic carbocycles. The van der Waals surface area contributed by atoms with Crippen LogP contribution in [0.1, 0.15) is 56.3 Å². The van der Waals surface area contributed by atoms with Gasteiger partial charge in [-0.05, 0) is 56.2 Å². The number of nitrogens with zero attached hydrogens (tertiary/aromatic N) is 6. The highest BCUT2D eigenvalue weighted by atomic mass is 32.1. The minimum atomic E-state index is -0.280. The van der Waals surface area contributed by atoms with Gasteiger partial charge in [0, 0.05) is 6.61 Å². The lowest BCUT2D eigenvalue weighted by Crippen LogP contribution is -2.27. The first kappa shape index (κ1) is 22.8. The topological polar surface area (TPSA) is 99.8 Å². The number of benzene rings is 1. The Morgan fingerprint density at radius 3 is 2.81 bits per heavy atom. The molecule has 1 saturated heterocycles. The van der Waals surface area contributed by atoms with Crippen LogP contribution in [-0.2, 0) is 4.74 Å². The number of hydrogen-bond acceptors (Lipinski definition) is 8. The van der Waals surface area contributed by atoms with Crippen molar-refractivity contribution in [1.82, 2.24) is 29.1 Å². The van der Waals surface area contributed by atoms with Crippen molar-refractivity contribution in [3.05, 3.63) is 70.1 Å². The number of thiophene rings is 1. The minimum Gasteiger partial charge on any atom is -0.358 e. The molecule has 36 heavy (non-hydrogen) atoms. The van der Waals surface area contributed by atoms with E-state index in [4.69, 9.17) is 9.72 Å². The molecule has 0 amide bonds. The molecular weight excluding hydrogens is 474 g/mol. The molecule has 4 aromatic heterocycles. The Kier molecular flexibility index (Phi) is 5.98. The van der Waals surface area contributed by atoms with E-state index in [1.54, 1.807) is 17.2 Å². The number of imidazole rings is 1. The predicted octanol–water partition coefficient (Wildman–Crippen LogP) is 5.16. The number of anilines is 1. The second kappa shape index (κ2) is 9.44. The fourth-order valence-corrected chi connectivity index (χ4v) is 5.49. The maximum Gasteiger partial charge on any atom is 0.276 e. The van der Waals surface area contributed by atoms with Crippen LogP contribution in [0.3, 0.4) is 0 Å². The zero-order valence-electron chi connectivity index (χ0n) is 20.2. The number of aryl methyl sites for hydroxylation is 1. The number of fused-ring (bicyclic) bond motifs is 2. The van der Waals surface area contributed by atoms with Gasteiger partial charge in [0.1, 0.15) is 23.1 Å². The fraction of sp³-hybridized carbons (Fsp3) is 0.346. The largest absolute Gasteiger partial charge is 0.358 e. The number of aromatic nitrogens is 6. The molecule has 1 aliphatic heterocycles. The molecule has 5 aromatic rings. The van der Waals surface area contributed by atoms with E-state index < -0.39 is 0 Å². The molecule has 1 aromatic carbocycles. The van der Waals surface area contributed by atoms with Gasteiger partial charge >= 0.3 is 0 Å². The molecule has 1 fully saturated rings. The average Bonchev–Trinajstić information content (AvgIpc) is 3.56. The van der Waals surface area contributed by atoms with Crippen molar-refractivity contribution in [3.63, 3.8) is 0 Å². The first-order chi connectivity index (χ1) is 17.6. The normalized spacial score (nSPS) is 17.0. The van der Waals surface area contributed by atoms with Gasteiger partial charge in [0.25, 0.3) is 5.56 Å². The summed E-state index contributed by atoms with van der Waals surface area (Å²) in [5.41, 5.74) is 3.95. The molecule has 1 N–H and O–H groups in total. The van der Waals surface area contributed by atoms with Crippen LogP contribution in [0, 0.1) is 6.92 Å². The van der Waals surface area contributed by atoms with E-state index in [9.17, 15) is 4.79 Å². The quantitative estimate of drug-likeness (QED) is 0.343. The maximum atomic E-state index is 13.6. The molecule has 5 heterocycles. The number of nitrogens with one attached hydrogen (secondary N) is 1. The summed E-state index contributed by atoms with van der Waals surface area (Å²) >= 11 is 1.41. The van der Waals surface area contributed by atoms with E-state index in [1.165, 1.54) is 11.3 Å². The third kappa shape index (κ3) is 3.96. The summed E-state index contributed by atoms with van der Waals surface area (Å²) in [4.78, 5) is 32.2. The lowest BCUT2D eigenvalue weighted by atomic mass is 10.1. The Bertz CT molecular complexity index is 1580. The Morgan fingerprint density at radius 1 is 1.17 bits per heavy atom. The number of ether oxygens (including phenoxy) is 1. The van der Waals surface area contributed by atoms with E-state index in [2.05, 4.69) is 27.2 Å². The van der Waals surface area contributed by atoms with Gasteiger partial charge < -0.3 is 10.1 Å². The van der Waals surface area contributed by atoms with Crippen molar-refractivity contribution in [2.24, 2.45) is 0 Å². The van der Waals surface area contributed by atoms with Crippen LogP contribution in [-0.4, -0.2) is 35.7 Å². The molecule has 184 valence electrons. The van der Waals surface area contributed by atoms with Crippen molar-refractivity contribution in [3.8, 4) is 5.69 Å². The third-order valence-corrected chi connectivity index (χ3v) is 7.55. The van der Waals surface area contributed by atoms with Crippen LogP contribution < -0.4 is 10.9 Å². The molecule has 9 nitrogen and oxygen atoms in total. The van der Waals surface area contributed by atoms with Crippen LogP contribution in [0.25, 0.3) is 27.1 Å². The highest BCUT2D eigenvalue weighted by Crippen LogP contribution is 2.30. The van der Waals surface area contributed by atoms with Crippen molar-refractivity contribution < 1.29 is 4.74 Å². The Morgan fingerprint density at radius 2 is 2.03 bits per heavy atom. The zero-order valence-corrected chi connectivity index (χ0v) is 21.0. The van der Waals surface area contributed by atoms with Crippen molar-refractivity contribution in [2.75, 3.05) is 11.9 Å². The molecule has 0 spiro atoms. The van der Waals surface area contributed by atoms with E-state index in [0.29, 0.717) is 33.8 Å². The summed E-state index contributed by atoms with van der Waals surface area (Å²) in [5.74, 6) is 1.25. The highest BCUT2D eigenvalue weighted by Gasteiger charge is 2.24. The monoisotopic (exact) mass is 501 g/mol. The maximum absolute atomic E-state index is 13.6. The summed E-state index contributed by atoms with van der Waals surface area (Å²) in [6, 6.07) is 9.55. The molecule has 0 radical (unpaired) electrons. The van der Waals surface area contributed by atoms with Crippen molar-refractivity contribution in [2.45, 2.75) is 51.8 Å². The lowest BCUT2D eigenvalue weighted by molar-refractivity contribution is -0.0298. The van der Waals surface area contributed by atoms with Crippen LogP contribution >= 0.6 is 11.3 Å². The van der Waals surface area contributed by atoms with Crippen molar-refractivity contribution >= 4 is 38.5 Å². The Balaban J connectivity index is 1.44. The van der Waals surface area contributed by atoms with Crippen molar-refractivity contribution in [1.29, 1.82) is 0 Å². The van der Waals surface area contributed by atoms with Gasteiger partial charge in [0.2, 0.25) is 0 Å².